The van der Waals surface area contributed by atoms with Crippen LogP contribution < -0.4 is 4.74 Å². The predicted molar refractivity (Wildman–Crippen MR) is 90.9 cm³/mol. The first-order valence-corrected chi connectivity index (χ1v) is 8.46. The quantitative estimate of drug-likeness (QED) is 0.870. The van der Waals surface area contributed by atoms with Crippen molar-refractivity contribution in [3.05, 3.63) is 65.2 Å². The molecule has 4 nitrogen and oxygen atoms in total. The Morgan fingerprint density at radius 3 is 2.92 bits per heavy atom. The maximum absolute atomic E-state index is 12.8. The highest BCUT2D eigenvalue weighted by Gasteiger charge is 2.27. The van der Waals surface area contributed by atoms with Gasteiger partial charge in [-0.15, -0.1) is 0 Å². The lowest BCUT2D eigenvalue weighted by Crippen LogP contribution is -2.29. The van der Waals surface area contributed by atoms with Gasteiger partial charge in [0.1, 0.15) is 5.75 Å². The maximum Gasteiger partial charge on any atom is 0.253 e. The number of carbonyl (C=O) groups is 1. The minimum atomic E-state index is 0.110. The van der Waals surface area contributed by atoms with Gasteiger partial charge < -0.3 is 14.4 Å². The Bertz CT molecular complexity index is 729. The lowest BCUT2D eigenvalue weighted by atomic mass is 9.99. The van der Waals surface area contributed by atoms with Crippen molar-refractivity contribution in [2.24, 2.45) is 5.92 Å². The van der Waals surface area contributed by atoms with Crippen LogP contribution >= 0.6 is 0 Å². The zero-order chi connectivity index (χ0) is 16.4. The fourth-order valence-corrected chi connectivity index (χ4v) is 3.54. The standard InChI is InChI=1S/C20H21NO3/c22-20(17-6-7-19-18(11-17)13-23-14-24-19)21-9-8-16(12-21)10-15-4-2-1-3-5-15/h1-7,11,16H,8-10,12-14H2/t16-/m1/s1. The second-order valence-electron chi connectivity index (χ2n) is 6.53. The Balaban J connectivity index is 1.42. The smallest absolute Gasteiger partial charge is 0.253 e. The number of rotatable bonds is 3. The number of hydrogen-bond acceptors (Lipinski definition) is 3. The first-order chi connectivity index (χ1) is 11.8. The number of hydrogen-bond donors (Lipinski definition) is 0. The Hall–Kier alpha value is -2.33. The fourth-order valence-electron chi connectivity index (χ4n) is 3.54. The van der Waals surface area contributed by atoms with E-state index in [4.69, 9.17) is 9.47 Å². The van der Waals surface area contributed by atoms with Gasteiger partial charge in [-0.05, 0) is 42.5 Å². The summed E-state index contributed by atoms with van der Waals surface area (Å²) in [5.74, 6) is 1.47. The molecule has 4 heteroatoms. The molecular formula is C20H21NO3. The van der Waals surface area contributed by atoms with Crippen molar-refractivity contribution in [2.75, 3.05) is 19.9 Å². The summed E-state index contributed by atoms with van der Waals surface area (Å²) in [7, 11) is 0. The summed E-state index contributed by atoms with van der Waals surface area (Å²) >= 11 is 0. The van der Waals surface area contributed by atoms with Crippen molar-refractivity contribution < 1.29 is 14.3 Å². The second-order valence-corrected chi connectivity index (χ2v) is 6.53. The first-order valence-electron chi connectivity index (χ1n) is 8.46. The van der Waals surface area contributed by atoms with E-state index in [1.165, 1.54) is 5.56 Å². The zero-order valence-corrected chi connectivity index (χ0v) is 13.6. The summed E-state index contributed by atoms with van der Waals surface area (Å²) in [6.07, 6.45) is 2.11. The molecule has 2 aliphatic heterocycles. The lowest BCUT2D eigenvalue weighted by molar-refractivity contribution is -0.0164. The average Bonchev–Trinajstić information content (AvgIpc) is 3.10. The number of fused-ring (bicyclic) bond motifs is 1. The van der Waals surface area contributed by atoms with Gasteiger partial charge >= 0.3 is 0 Å². The van der Waals surface area contributed by atoms with Gasteiger partial charge in [0.2, 0.25) is 0 Å². The zero-order valence-electron chi connectivity index (χ0n) is 13.6. The molecule has 0 aromatic heterocycles. The topological polar surface area (TPSA) is 38.8 Å². The van der Waals surface area contributed by atoms with Crippen LogP contribution in [-0.4, -0.2) is 30.7 Å². The highest BCUT2D eigenvalue weighted by molar-refractivity contribution is 5.94. The van der Waals surface area contributed by atoms with Gasteiger partial charge in [0.15, 0.2) is 6.79 Å². The predicted octanol–water partition coefficient (Wildman–Crippen LogP) is 3.26. The van der Waals surface area contributed by atoms with Crippen molar-refractivity contribution in [3.63, 3.8) is 0 Å². The highest BCUT2D eigenvalue weighted by Crippen LogP contribution is 2.27. The molecule has 0 unspecified atom stereocenters. The number of nitrogens with zero attached hydrogens (tertiary/aromatic N) is 1. The molecule has 0 aliphatic carbocycles. The van der Waals surface area contributed by atoms with Gasteiger partial charge in [-0.2, -0.15) is 0 Å². The monoisotopic (exact) mass is 323 g/mol. The Morgan fingerprint density at radius 2 is 2.04 bits per heavy atom. The molecule has 2 aromatic carbocycles. The third-order valence-electron chi connectivity index (χ3n) is 4.80. The minimum Gasteiger partial charge on any atom is -0.467 e. The average molecular weight is 323 g/mol. The molecule has 1 amide bonds. The van der Waals surface area contributed by atoms with Gasteiger partial charge in [0.25, 0.3) is 5.91 Å². The lowest BCUT2D eigenvalue weighted by Gasteiger charge is -2.20. The van der Waals surface area contributed by atoms with Crippen molar-refractivity contribution in [1.82, 2.24) is 4.90 Å². The largest absolute Gasteiger partial charge is 0.467 e. The van der Waals surface area contributed by atoms with E-state index >= 15 is 0 Å². The van der Waals surface area contributed by atoms with Crippen LogP contribution in [0.5, 0.6) is 5.75 Å². The van der Waals surface area contributed by atoms with E-state index in [1.54, 1.807) is 0 Å². The van der Waals surface area contributed by atoms with Gasteiger partial charge in [-0.3, -0.25) is 4.79 Å². The summed E-state index contributed by atoms with van der Waals surface area (Å²) < 4.78 is 10.7. The molecule has 2 heterocycles. The molecule has 0 spiro atoms. The normalized spacial score (nSPS) is 19.7. The van der Waals surface area contributed by atoms with Crippen molar-refractivity contribution in [1.29, 1.82) is 0 Å². The Labute approximate surface area is 142 Å². The van der Waals surface area contributed by atoms with E-state index < -0.39 is 0 Å². The van der Waals surface area contributed by atoms with E-state index in [1.807, 2.05) is 29.2 Å². The second kappa shape index (κ2) is 6.65. The molecule has 0 bridgehead atoms. The Kier molecular flexibility index (Phi) is 4.22. The van der Waals surface area contributed by atoms with Crippen LogP contribution in [0.1, 0.15) is 27.9 Å². The van der Waals surface area contributed by atoms with Gasteiger partial charge in [0, 0.05) is 24.2 Å². The number of benzene rings is 2. The van der Waals surface area contributed by atoms with Crippen LogP contribution in [0.3, 0.4) is 0 Å². The van der Waals surface area contributed by atoms with Crippen LogP contribution in [0.15, 0.2) is 48.5 Å². The molecule has 1 fully saturated rings. The summed E-state index contributed by atoms with van der Waals surface area (Å²) in [5.41, 5.74) is 3.02. The molecule has 0 N–H and O–H groups in total. The van der Waals surface area contributed by atoms with E-state index in [-0.39, 0.29) is 12.7 Å². The molecule has 124 valence electrons. The number of ether oxygens (including phenoxy) is 2. The highest BCUT2D eigenvalue weighted by atomic mass is 16.7. The number of likely N-dealkylation sites (tertiary alicyclic amines) is 1. The third-order valence-corrected chi connectivity index (χ3v) is 4.80. The molecule has 1 atom stereocenters. The van der Waals surface area contributed by atoms with Crippen LogP contribution in [0, 0.1) is 5.92 Å². The molecular weight excluding hydrogens is 302 g/mol. The molecule has 4 rings (SSSR count). The summed E-state index contributed by atoms with van der Waals surface area (Å²) in [4.78, 5) is 14.7. The van der Waals surface area contributed by atoms with Crippen LogP contribution in [0.2, 0.25) is 0 Å². The molecule has 24 heavy (non-hydrogen) atoms. The minimum absolute atomic E-state index is 0.110. The molecule has 1 saturated heterocycles. The number of amides is 1. The van der Waals surface area contributed by atoms with Crippen molar-refractivity contribution in [3.8, 4) is 5.75 Å². The maximum atomic E-state index is 12.8. The van der Waals surface area contributed by atoms with E-state index in [0.29, 0.717) is 12.5 Å². The molecule has 2 aliphatic rings. The molecule has 0 radical (unpaired) electrons. The van der Waals surface area contributed by atoms with Crippen molar-refractivity contribution in [2.45, 2.75) is 19.4 Å². The van der Waals surface area contributed by atoms with Crippen molar-refractivity contribution >= 4 is 5.91 Å². The van der Waals surface area contributed by atoms with Gasteiger partial charge in [-0.25, -0.2) is 0 Å². The summed E-state index contributed by atoms with van der Waals surface area (Å²) in [5, 5.41) is 0. The van der Waals surface area contributed by atoms with E-state index in [9.17, 15) is 4.79 Å². The van der Waals surface area contributed by atoms with Gasteiger partial charge in [0.05, 0.1) is 6.61 Å². The van der Waals surface area contributed by atoms with Crippen LogP contribution in [0.25, 0.3) is 0 Å². The summed E-state index contributed by atoms with van der Waals surface area (Å²) in [6, 6.07) is 16.1. The van der Waals surface area contributed by atoms with Crippen LogP contribution in [-0.2, 0) is 17.8 Å². The fraction of sp³-hybridized carbons (Fsp3) is 0.350. The van der Waals surface area contributed by atoms with E-state index in [0.717, 1.165) is 42.8 Å². The Morgan fingerprint density at radius 1 is 1.17 bits per heavy atom. The van der Waals surface area contributed by atoms with Gasteiger partial charge in [-0.1, -0.05) is 30.3 Å². The molecule has 0 saturated carbocycles. The first kappa shape index (κ1) is 15.2. The third kappa shape index (κ3) is 3.15. The number of carbonyl (C=O) groups excluding carboxylic acids is 1. The van der Waals surface area contributed by atoms with E-state index in [2.05, 4.69) is 24.3 Å². The SMILES string of the molecule is O=C(c1ccc2c(c1)COCO2)N1CC[C@H](Cc2ccccc2)C1. The molecule has 2 aromatic rings. The summed E-state index contributed by atoms with van der Waals surface area (Å²) in [6.45, 7) is 2.46. The van der Waals surface area contributed by atoms with Crippen LogP contribution in [0.4, 0.5) is 0 Å².